The van der Waals surface area contributed by atoms with Gasteiger partial charge in [-0.2, -0.15) is 0 Å². The smallest absolute Gasteiger partial charge is 0.332 e. The molecule has 0 unspecified atom stereocenters. The zero-order chi connectivity index (χ0) is 22.8. The first-order chi connectivity index (χ1) is 15.3. The fraction of sp³-hybridized carbons (Fsp3) is 0.348. The van der Waals surface area contributed by atoms with E-state index in [0.29, 0.717) is 16.5 Å². The first-order valence-electron chi connectivity index (χ1n) is 10.3. The average Bonchev–Trinajstić information content (AvgIpc) is 3.13. The van der Waals surface area contributed by atoms with Gasteiger partial charge in [-0.05, 0) is 50.2 Å². The Hall–Kier alpha value is -2.58. The third-order valence-corrected chi connectivity index (χ3v) is 7.31. The number of hydrogen-bond acceptors (Lipinski definition) is 5. The van der Waals surface area contributed by atoms with Crippen LogP contribution in [0.5, 0.6) is 5.75 Å². The maximum Gasteiger partial charge on any atom is 0.332 e. The molecule has 2 saturated heterocycles. The van der Waals surface area contributed by atoms with Crippen LogP contribution in [0.4, 0.5) is 10.5 Å². The van der Waals surface area contributed by atoms with E-state index in [1.54, 1.807) is 38.1 Å². The number of ether oxygens (including phenoxy) is 2. The first-order valence-corrected chi connectivity index (χ1v) is 11.5. The van der Waals surface area contributed by atoms with E-state index >= 15 is 0 Å². The number of fused-ring (bicyclic) bond motifs is 5. The fourth-order valence-corrected chi connectivity index (χ4v) is 5.87. The lowest BCUT2D eigenvalue weighted by atomic mass is 9.77. The monoisotopic (exact) mass is 518 g/mol. The highest BCUT2D eigenvalue weighted by molar-refractivity contribution is 9.10. The Kier molecular flexibility index (Phi) is 4.98. The highest BCUT2D eigenvalue weighted by Crippen LogP contribution is 2.58. The number of benzene rings is 2. The SMILES string of the molecule is CCOC(=O)[C@@H]1[C@H]2COc3ccc(Br)cc3[C@@H]2N2C(=O)N(c3cccc(Cl)c3)C(=O)[C@]12C. The number of amides is 3. The van der Waals surface area contributed by atoms with Crippen molar-refractivity contribution in [2.24, 2.45) is 11.8 Å². The minimum Gasteiger partial charge on any atom is -0.493 e. The van der Waals surface area contributed by atoms with Gasteiger partial charge in [-0.1, -0.05) is 33.6 Å². The molecule has 7 nitrogen and oxygen atoms in total. The third-order valence-electron chi connectivity index (χ3n) is 6.58. The van der Waals surface area contributed by atoms with Gasteiger partial charge in [0.2, 0.25) is 0 Å². The number of halogens is 2. The molecule has 166 valence electrons. The van der Waals surface area contributed by atoms with Crippen molar-refractivity contribution in [1.82, 2.24) is 4.90 Å². The zero-order valence-corrected chi connectivity index (χ0v) is 19.7. The van der Waals surface area contributed by atoms with Crippen LogP contribution in [0.2, 0.25) is 5.02 Å². The van der Waals surface area contributed by atoms with Gasteiger partial charge < -0.3 is 14.4 Å². The predicted octanol–water partition coefficient (Wildman–Crippen LogP) is 4.57. The summed E-state index contributed by atoms with van der Waals surface area (Å²) in [6.45, 7) is 3.74. The highest BCUT2D eigenvalue weighted by Gasteiger charge is 2.72. The van der Waals surface area contributed by atoms with E-state index in [-0.39, 0.29) is 13.2 Å². The highest BCUT2D eigenvalue weighted by atomic mass is 79.9. The number of imide groups is 1. The lowest BCUT2D eigenvalue weighted by Gasteiger charge is -2.34. The molecule has 0 radical (unpaired) electrons. The van der Waals surface area contributed by atoms with Crippen LogP contribution in [-0.2, 0) is 14.3 Å². The summed E-state index contributed by atoms with van der Waals surface area (Å²) in [5.41, 5.74) is -0.305. The molecule has 9 heteroatoms. The molecule has 0 bridgehead atoms. The number of carbonyl (C=O) groups is 3. The number of esters is 1. The van der Waals surface area contributed by atoms with Gasteiger partial charge in [0.1, 0.15) is 11.3 Å². The summed E-state index contributed by atoms with van der Waals surface area (Å²) in [6, 6.07) is 11.1. The molecule has 0 saturated carbocycles. The maximum absolute atomic E-state index is 13.8. The molecule has 0 aromatic heterocycles. The molecule has 4 atom stereocenters. The maximum atomic E-state index is 13.8. The number of carbonyl (C=O) groups excluding carboxylic acids is 3. The summed E-state index contributed by atoms with van der Waals surface area (Å²) in [7, 11) is 0. The Balaban J connectivity index is 1.70. The molecule has 2 aromatic carbocycles. The van der Waals surface area contributed by atoms with E-state index in [1.165, 1.54) is 4.90 Å². The molecule has 32 heavy (non-hydrogen) atoms. The fourth-order valence-electron chi connectivity index (χ4n) is 5.31. The molecule has 5 rings (SSSR count). The van der Waals surface area contributed by atoms with Crippen molar-refractivity contribution in [3.05, 3.63) is 57.5 Å². The lowest BCUT2D eigenvalue weighted by molar-refractivity contribution is -0.154. The molecule has 0 N–H and O–H groups in total. The Bertz CT molecular complexity index is 1160. The second-order valence-corrected chi connectivity index (χ2v) is 9.60. The van der Waals surface area contributed by atoms with Crippen LogP contribution in [0.25, 0.3) is 0 Å². The number of urea groups is 1. The Morgan fingerprint density at radius 2 is 2.06 bits per heavy atom. The van der Waals surface area contributed by atoms with Crippen molar-refractivity contribution in [2.75, 3.05) is 18.1 Å². The standard InChI is InChI=1S/C23H20BrClN2O5/c1-3-31-20(28)18-16-11-32-17-8-7-12(24)9-15(17)19(16)27-22(30)26(21(29)23(18,27)2)14-6-4-5-13(25)10-14/h4-10,16,18-19H,3,11H2,1-2H3/t16-,18+,19+,23+/m1/s1. The van der Waals surface area contributed by atoms with Gasteiger partial charge in [0.15, 0.2) is 0 Å². The Morgan fingerprint density at radius 3 is 2.78 bits per heavy atom. The van der Waals surface area contributed by atoms with E-state index in [0.717, 1.165) is 14.9 Å². The molecule has 0 aliphatic carbocycles. The predicted molar refractivity (Wildman–Crippen MR) is 121 cm³/mol. The topological polar surface area (TPSA) is 76.2 Å². The largest absolute Gasteiger partial charge is 0.493 e. The number of anilines is 1. The Morgan fingerprint density at radius 1 is 1.28 bits per heavy atom. The van der Waals surface area contributed by atoms with E-state index in [4.69, 9.17) is 21.1 Å². The van der Waals surface area contributed by atoms with E-state index in [1.807, 2.05) is 18.2 Å². The van der Waals surface area contributed by atoms with Crippen LogP contribution < -0.4 is 9.64 Å². The normalized spacial score (nSPS) is 28.2. The molecule has 3 heterocycles. The minimum atomic E-state index is -1.42. The first kappa shape index (κ1) is 21.3. The molecule has 3 aliphatic heterocycles. The average molecular weight is 520 g/mol. The molecular formula is C23H20BrClN2O5. The second-order valence-electron chi connectivity index (χ2n) is 8.25. The molecule has 2 fully saturated rings. The molecule has 0 spiro atoms. The van der Waals surface area contributed by atoms with Crippen molar-refractivity contribution >= 4 is 51.1 Å². The summed E-state index contributed by atoms with van der Waals surface area (Å²) in [4.78, 5) is 43.4. The molecule has 3 amide bonds. The van der Waals surface area contributed by atoms with Gasteiger partial charge in [-0.15, -0.1) is 0 Å². The van der Waals surface area contributed by atoms with Gasteiger partial charge >= 0.3 is 12.0 Å². The van der Waals surface area contributed by atoms with Crippen LogP contribution in [0.1, 0.15) is 25.5 Å². The summed E-state index contributed by atoms with van der Waals surface area (Å²) >= 11 is 9.61. The summed E-state index contributed by atoms with van der Waals surface area (Å²) in [6.07, 6.45) is 0. The van der Waals surface area contributed by atoms with Crippen molar-refractivity contribution in [3.8, 4) is 5.75 Å². The van der Waals surface area contributed by atoms with Crippen LogP contribution in [0.3, 0.4) is 0 Å². The van der Waals surface area contributed by atoms with Gasteiger partial charge in [0.05, 0.1) is 30.9 Å². The van der Waals surface area contributed by atoms with Crippen LogP contribution in [0, 0.1) is 11.8 Å². The minimum absolute atomic E-state index is 0.173. The second kappa shape index (κ2) is 7.49. The van der Waals surface area contributed by atoms with Crippen LogP contribution in [-0.4, -0.2) is 41.6 Å². The van der Waals surface area contributed by atoms with Crippen LogP contribution >= 0.6 is 27.5 Å². The Labute approximate surface area is 198 Å². The quantitative estimate of drug-likeness (QED) is 0.439. The van der Waals surface area contributed by atoms with Gasteiger partial charge in [0.25, 0.3) is 5.91 Å². The number of rotatable bonds is 3. The van der Waals surface area contributed by atoms with Crippen LogP contribution in [0.15, 0.2) is 46.9 Å². The van der Waals surface area contributed by atoms with E-state index < -0.39 is 41.3 Å². The summed E-state index contributed by atoms with van der Waals surface area (Å²) in [5.74, 6) is -1.66. The summed E-state index contributed by atoms with van der Waals surface area (Å²) < 4.78 is 12.1. The van der Waals surface area contributed by atoms with E-state index in [2.05, 4.69) is 15.9 Å². The van der Waals surface area contributed by atoms with Gasteiger partial charge in [-0.3, -0.25) is 9.59 Å². The van der Waals surface area contributed by atoms with Crippen molar-refractivity contribution in [3.63, 3.8) is 0 Å². The number of nitrogens with zero attached hydrogens (tertiary/aromatic N) is 2. The van der Waals surface area contributed by atoms with Crippen molar-refractivity contribution in [2.45, 2.75) is 25.4 Å². The van der Waals surface area contributed by atoms with Crippen molar-refractivity contribution in [1.29, 1.82) is 0 Å². The summed E-state index contributed by atoms with van der Waals surface area (Å²) in [5, 5.41) is 0.403. The van der Waals surface area contributed by atoms with Gasteiger partial charge in [-0.25, -0.2) is 9.69 Å². The van der Waals surface area contributed by atoms with Gasteiger partial charge in [0, 0.05) is 21.0 Å². The molecular weight excluding hydrogens is 500 g/mol. The zero-order valence-electron chi connectivity index (χ0n) is 17.4. The molecule has 3 aliphatic rings. The third kappa shape index (κ3) is 2.82. The van der Waals surface area contributed by atoms with E-state index in [9.17, 15) is 14.4 Å². The number of hydrogen-bond donors (Lipinski definition) is 0. The van der Waals surface area contributed by atoms with Crippen molar-refractivity contribution < 1.29 is 23.9 Å². The lowest BCUT2D eigenvalue weighted by Crippen LogP contribution is -2.51. The molecule has 2 aromatic rings.